The van der Waals surface area contributed by atoms with Crippen LogP contribution in [-0.4, -0.2) is 23.8 Å². The van der Waals surface area contributed by atoms with Gasteiger partial charge in [-0.3, -0.25) is 0 Å². The molecule has 1 atom stereocenters. The van der Waals surface area contributed by atoms with Crippen molar-refractivity contribution < 1.29 is 14.3 Å². The van der Waals surface area contributed by atoms with Gasteiger partial charge in [-0.15, -0.1) is 0 Å². The molecule has 108 valence electrons. The number of carbonyl (C=O) groups excluding carboxylic acids is 1. The van der Waals surface area contributed by atoms with Crippen LogP contribution < -0.4 is 10.6 Å². The summed E-state index contributed by atoms with van der Waals surface area (Å²) in [5, 5.41) is 23.6. The van der Waals surface area contributed by atoms with Crippen LogP contribution in [0.5, 0.6) is 0 Å². The van der Waals surface area contributed by atoms with Crippen LogP contribution in [0.25, 0.3) is 0 Å². The molecule has 1 aromatic carbocycles. The van der Waals surface area contributed by atoms with Gasteiger partial charge in [-0.05, 0) is 23.6 Å². The number of aliphatic hydroxyl groups excluding tert-OH is 1. The zero-order chi connectivity index (χ0) is 15.3. The summed E-state index contributed by atoms with van der Waals surface area (Å²) in [6.07, 6.45) is -0.697. The number of halogens is 1. The average molecular weight is 279 g/mol. The van der Waals surface area contributed by atoms with Crippen molar-refractivity contribution in [2.75, 3.05) is 11.9 Å². The number of benzene rings is 1. The number of anilines is 1. The summed E-state index contributed by atoms with van der Waals surface area (Å²) in [4.78, 5) is 11.7. The van der Waals surface area contributed by atoms with E-state index in [-0.39, 0.29) is 23.2 Å². The molecule has 0 aliphatic carbocycles. The van der Waals surface area contributed by atoms with Crippen LogP contribution >= 0.6 is 0 Å². The Hall–Kier alpha value is -2.13. The van der Waals surface area contributed by atoms with Crippen molar-refractivity contribution in [3.8, 4) is 6.07 Å². The van der Waals surface area contributed by atoms with E-state index in [1.54, 1.807) is 6.07 Å². The van der Waals surface area contributed by atoms with Crippen molar-refractivity contribution in [1.29, 1.82) is 5.26 Å². The van der Waals surface area contributed by atoms with Gasteiger partial charge in [0.25, 0.3) is 0 Å². The first-order valence-corrected chi connectivity index (χ1v) is 6.16. The molecule has 0 aromatic heterocycles. The van der Waals surface area contributed by atoms with Crippen LogP contribution in [0.15, 0.2) is 18.2 Å². The van der Waals surface area contributed by atoms with Gasteiger partial charge in [0.05, 0.1) is 17.4 Å². The Bertz CT molecular complexity index is 532. The summed E-state index contributed by atoms with van der Waals surface area (Å²) in [5.74, 6) is -0.546. The first-order chi connectivity index (χ1) is 9.24. The van der Waals surface area contributed by atoms with E-state index in [1.165, 1.54) is 6.07 Å². The average Bonchev–Trinajstić information content (AvgIpc) is 2.36. The number of amides is 2. The van der Waals surface area contributed by atoms with Crippen LogP contribution in [0, 0.1) is 22.6 Å². The third kappa shape index (κ3) is 4.52. The zero-order valence-corrected chi connectivity index (χ0v) is 11.7. The molecule has 2 amide bonds. The summed E-state index contributed by atoms with van der Waals surface area (Å²) < 4.78 is 12.9. The molecule has 5 nitrogen and oxygen atoms in total. The SMILES string of the molecule is CC(C)(C)C(O)CNC(=O)Nc1ccc(F)cc1C#N. The fourth-order valence-electron chi connectivity index (χ4n) is 1.38. The van der Waals surface area contributed by atoms with Gasteiger partial charge in [0, 0.05) is 6.54 Å². The molecule has 1 rings (SSSR count). The van der Waals surface area contributed by atoms with Gasteiger partial charge < -0.3 is 15.7 Å². The molecule has 0 aliphatic rings. The van der Waals surface area contributed by atoms with Gasteiger partial charge >= 0.3 is 6.03 Å². The van der Waals surface area contributed by atoms with Crippen molar-refractivity contribution >= 4 is 11.7 Å². The summed E-state index contributed by atoms with van der Waals surface area (Å²) in [6.45, 7) is 5.64. The number of rotatable bonds is 3. The van der Waals surface area contributed by atoms with Crippen LogP contribution in [0.4, 0.5) is 14.9 Å². The predicted molar refractivity (Wildman–Crippen MR) is 73.6 cm³/mol. The Morgan fingerprint density at radius 2 is 2.15 bits per heavy atom. The van der Waals surface area contributed by atoms with E-state index in [0.717, 1.165) is 12.1 Å². The Labute approximate surface area is 117 Å². The highest BCUT2D eigenvalue weighted by atomic mass is 19.1. The highest BCUT2D eigenvalue weighted by molar-refractivity contribution is 5.90. The fraction of sp³-hybridized carbons (Fsp3) is 0.429. The summed E-state index contributed by atoms with van der Waals surface area (Å²) >= 11 is 0. The number of nitrogens with one attached hydrogen (secondary N) is 2. The Morgan fingerprint density at radius 3 is 2.70 bits per heavy atom. The lowest BCUT2D eigenvalue weighted by Crippen LogP contribution is -2.41. The molecule has 1 unspecified atom stereocenters. The van der Waals surface area contributed by atoms with Crippen molar-refractivity contribution in [2.45, 2.75) is 26.9 Å². The molecule has 0 saturated heterocycles. The van der Waals surface area contributed by atoms with E-state index >= 15 is 0 Å². The van der Waals surface area contributed by atoms with Crippen LogP contribution in [-0.2, 0) is 0 Å². The second-order valence-electron chi connectivity index (χ2n) is 5.52. The lowest BCUT2D eigenvalue weighted by molar-refractivity contribution is 0.0654. The predicted octanol–water partition coefficient (Wildman–Crippen LogP) is 2.23. The number of nitriles is 1. The third-order valence-corrected chi connectivity index (χ3v) is 2.81. The fourth-order valence-corrected chi connectivity index (χ4v) is 1.38. The van der Waals surface area contributed by atoms with E-state index in [4.69, 9.17) is 5.26 Å². The molecule has 0 bridgehead atoms. The molecular formula is C14H18FN3O2. The minimum atomic E-state index is -0.697. The van der Waals surface area contributed by atoms with E-state index in [0.29, 0.717) is 0 Å². The van der Waals surface area contributed by atoms with Crippen molar-refractivity contribution in [1.82, 2.24) is 5.32 Å². The molecule has 0 radical (unpaired) electrons. The number of aliphatic hydroxyl groups is 1. The van der Waals surface area contributed by atoms with Gasteiger partial charge in [0.1, 0.15) is 11.9 Å². The molecule has 0 spiro atoms. The summed E-state index contributed by atoms with van der Waals surface area (Å²) in [5.41, 5.74) is -0.0887. The van der Waals surface area contributed by atoms with Crippen LogP contribution in [0.2, 0.25) is 0 Å². The maximum absolute atomic E-state index is 12.9. The number of urea groups is 1. The van der Waals surface area contributed by atoms with E-state index in [1.807, 2.05) is 20.8 Å². The second kappa shape index (κ2) is 6.35. The molecule has 20 heavy (non-hydrogen) atoms. The Kier molecular flexibility index (Phi) is 5.06. The van der Waals surface area contributed by atoms with Gasteiger partial charge in [-0.25, -0.2) is 9.18 Å². The largest absolute Gasteiger partial charge is 0.391 e. The van der Waals surface area contributed by atoms with Gasteiger partial charge in [0.2, 0.25) is 0 Å². The van der Waals surface area contributed by atoms with E-state index in [2.05, 4.69) is 10.6 Å². The first-order valence-electron chi connectivity index (χ1n) is 6.16. The molecular weight excluding hydrogens is 261 g/mol. The summed E-state index contributed by atoms with van der Waals surface area (Å²) in [7, 11) is 0. The smallest absolute Gasteiger partial charge is 0.319 e. The molecule has 3 N–H and O–H groups in total. The van der Waals surface area contributed by atoms with E-state index in [9.17, 15) is 14.3 Å². The normalized spacial score (nSPS) is 12.4. The molecule has 0 saturated carbocycles. The number of hydrogen-bond donors (Lipinski definition) is 3. The molecule has 0 aliphatic heterocycles. The number of nitrogens with zero attached hydrogens (tertiary/aromatic N) is 1. The lowest BCUT2D eigenvalue weighted by Gasteiger charge is -2.25. The highest BCUT2D eigenvalue weighted by Gasteiger charge is 2.22. The van der Waals surface area contributed by atoms with Crippen molar-refractivity contribution in [3.63, 3.8) is 0 Å². The third-order valence-electron chi connectivity index (χ3n) is 2.81. The van der Waals surface area contributed by atoms with Crippen LogP contribution in [0.1, 0.15) is 26.3 Å². The number of carbonyl (C=O) groups is 1. The Morgan fingerprint density at radius 1 is 1.50 bits per heavy atom. The maximum atomic E-state index is 12.9. The van der Waals surface area contributed by atoms with Gasteiger partial charge in [0.15, 0.2) is 0 Å². The number of hydrogen-bond acceptors (Lipinski definition) is 3. The van der Waals surface area contributed by atoms with Gasteiger partial charge in [-0.2, -0.15) is 5.26 Å². The van der Waals surface area contributed by atoms with Crippen molar-refractivity contribution in [2.24, 2.45) is 5.41 Å². The lowest BCUT2D eigenvalue weighted by atomic mass is 9.89. The standard InChI is InChI=1S/C14H18FN3O2/c1-14(2,3)12(19)8-17-13(20)18-11-5-4-10(15)6-9(11)7-16/h4-6,12,19H,8H2,1-3H3,(H2,17,18,20). The summed E-state index contributed by atoms with van der Waals surface area (Å²) in [6, 6.07) is 4.75. The zero-order valence-electron chi connectivity index (χ0n) is 11.7. The van der Waals surface area contributed by atoms with Crippen LogP contribution in [0.3, 0.4) is 0 Å². The second-order valence-corrected chi connectivity index (χ2v) is 5.52. The minimum Gasteiger partial charge on any atom is -0.391 e. The molecule has 0 heterocycles. The quantitative estimate of drug-likeness (QED) is 0.793. The Balaban J connectivity index is 2.62. The molecule has 6 heteroatoms. The van der Waals surface area contributed by atoms with E-state index < -0.39 is 18.0 Å². The molecule has 1 aromatic rings. The maximum Gasteiger partial charge on any atom is 0.319 e. The minimum absolute atomic E-state index is 0.0384. The van der Waals surface area contributed by atoms with Crippen molar-refractivity contribution in [3.05, 3.63) is 29.6 Å². The monoisotopic (exact) mass is 279 g/mol. The van der Waals surface area contributed by atoms with Gasteiger partial charge in [-0.1, -0.05) is 20.8 Å². The first kappa shape index (κ1) is 15.9. The highest BCUT2D eigenvalue weighted by Crippen LogP contribution is 2.18. The molecule has 0 fully saturated rings. The topological polar surface area (TPSA) is 85.2 Å².